The molecular formula is C26H29N5O3. The zero-order valence-electron chi connectivity index (χ0n) is 19.1. The van der Waals surface area contributed by atoms with Gasteiger partial charge in [0.2, 0.25) is 0 Å². The van der Waals surface area contributed by atoms with Gasteiger partial charge in [0, 0.05) is 37.2 Å². The average molecular weight is 460 g/mol. The van der Waals surface area contributed by atoms with Crippen molar-refractivity contribution in [1.29, 1.82) is 5.26 Å². The second-order valence-corrected chi connectivity index (χ2v) is 9.08. The lowest BCUT2D eigenvalue weighted by Crippen LogP contribution is -2.26. The Kier molecular flexibility index (Phi) is 6.84. The SMILES string of the molecule is N#Cc1cc(-c2ccnc(Cc3cnn(C4CCC(O)CC4)c3)n2)ccc1OC1CCOCC1. The van der Waals surface area contributed by atoms with E-state index in [9.17, 15) is 10.4 Å². The van der Waals surface area contributed by atoms with Crippen LogP contribution in [-0.4, -0.2) is 50.3 Å². The third kappa shape index (κ3) is 5.27. The molecule has 176 valence electrons. The number of ether oxygens (including phenoxy) is 2. The van der Waals surface area contributed by atoms with Gasteiger partial charge in [0.25, 0.3) is 0 Å². The minimum absolute atomic E-state index is 0.0805. The normalized spacial score (nSPS) is 21.2. The Morgan fingerprint density at radius 3 is 2.74 bits per heavy atom. The summed E-state index contributed by atoms with van der Waals surface area (Å²) in [6, 6.07) is 10.1. The van der Waals surface area contributed by atoms with Gasteiger partial charge in [-0.1, -0.05) is 0 Å². The molecule has 1 aliphatic heterocycles. The van der Waals surface area contributed by atoms with Crippen molar-refractivity contribution in [3.63, 3.8) is 0 Å². The molecule has 1 N–H and O–H groups in total. The number of aliphatic hydroxyl groups is 1. The monoisotopic (exact) mass is 459 g/mol. The molecule has 0 radical (unpaired) electrons. The fourth-order valence-corrected chi connectivity index (χ4v) is 4.67. The van der Waals surface area contributed by atoms with Crippen LogP contribution in [0.15, 0.2) is 42.9 Å². The molecule has 1 saturated heterocycles. The number of hydrogen-bond acceptors (Lipinski definition) is 7. The Labute approximate surface area is 199 Å². The zero-order chi connectivity index (χ0) is 23.3. The van der Waals surface area contributed by atoms with Gasteiger partial charge in [0.15, 0.2) is 0 Å². The first-order chi connectivity index (χ1) is 16.7. The summed E-state index contributed by atoms with van der Waals surface area (Å²) in [6.45, 7) is 1.38. The van der Waals surface area contributed by atoms with E-state index in [1.54, 1.807) is 6.20 Å². The highest BCUT2D eigenvalue weighted by molar-refractivity contribution is 5.64. The summed E-state index contributed by atoms with van der Waals surface area (Å²) >= 11 is 0. The van der Waals surface area contributed by atoms with Crippen molar-refractivity contribution in [2.45, 2.75) is 63.2 Å². The smallest absolute Gasteiger partial charge is 0.137 e. The van der Waals surface area contributed by atoms with Gasteiger partial charge in [-0.25, -0.2) is 9.97 Å². The third-order valence-corrected chi connectivity index (χ3v) is 6.62. The number of benzene rings is 1. The summed E-state index contributed by atoms with van der Waals surface area (Å²) in [5.74, 6) is 1.31. The Morgan fingerprint density at radius 1 is 1.12 bits per heavy atom. The standard InChI is InChI=1S/C26H29N5O3/c27-15-20-14-19(1-6-25(20)34-23-8-11-33-12-9-23)24-7-10-28-26(30-24)13-18-16-29-31(17-18)21-2-4-22(32)5-3-21/h1,6-7,10,14,16-17,21-23,32H,2-5,8-9,11-13H2. The quantitative estimate of drug-likeness (QED) is 0.597. The average Bonchev–Trinajstić information content (AvgIpc) is 3.34. The van der Waals surface area contributed by atoms with E-state index in [2.05, 4.69) is 22.3 Å². The predicted molar refractivity (Wildman–Crippen MR) is 125 cm³/mol. The van der Waals surface area contributed by atoms with Crippen LogP contribution in [0, 0.1) is 11.3 Å². The van der Waals surface area contributed by atoms with Crippen LogP contribution in [0.5, 0.6) is 5.75 Å². The van der Waals surface area contributed by atoms with Crippen molar-refractivity contribution < 1.29 is 14.6 Å². The van der Waals surface area contributed by atoms with Gasteiger partial charge in [-0.2, -0.15) is 10.4 Å². The molecule has 0 amide bonds. The van der Waals surface area contributed by atoms with Crippen LogP contribution in [0.1, 0.15) is 61.5 Å². The molecule has 1 aromatic carbocycles. The summed E-state index contributed by atoms with van der Waals surface area (Å²) in [5.41, 5.74) is 3.19. The molecular weight excluding hydrogens is 430 g/mol. The van der Waals surface area contributed by atoms with Crippen LogP contribution in [0.2, 0.25) is 0 Å². The molecule has 2 aliphatic rings. The van der Waals surface area contributed by atoms with Gasteiger partial charge < -0.3 is 14.6 Å². The predicted octanol–water partition coefficient (Wildman–Crippen LogP) is 3.84. The van der Waals surface area contributed by atoms with Gasteiger partial charge in [0.05, 0.1) is 42.8 Å². The Bertz CT molecular complexity index is 1160. The Balaban J connectivity index is 1.29. The molecule has 3 heterocycles. The largest absolute Gasteiger partial charge is 0.489 e. The maximum atomic E-state index is 9.74. The van der Waals surface area contributed by atoms with Crippen molar-refractivity contribution in [2.75, 3.05) is 13.2 Å². The molecule has 3 aromatic rings. The molecule has 5 rings (SSSR count). The lowest BCUT2D eigenvalue weighted by molar-refractivity contribution is 0.0254. The number of aromatic nitrogens is 4. The Morgan fingerprint density at radius 2 is 1.94 bits per heavy atom. The van der Waals surface area contributed by atoms with Crippen molar-refractivity contribution in [3.05, 3.63) is 59.8 Å². The summed E-state index contributed by atoms with van der Waals surface area (Å²) in [5, 5.41) is 24.0. The number of nitrogens with zero attached hydrogens (tertiary/aromatic N) is 5. The number of hydrogen-bond donors (Lipinski definition) is 1. The maximum Gasteiger partial charge on any atom is 0.137 e. The topological polar surface area (TPSA) is 106 Å². The molecule has 8 nitrogen and oxygen atoms in total. The first kappa shape index (κ1) is 22.5. The molecule has 0 bridgehead atoms. The molecule has 0 spiro atoms. The van der Waals surface area contributed by atoms with E-state index in [1.165, 1.54) is 0 Å². The molecule has 0 unspecified atom stereocenters. The van der Waals surface area contributed by atoms with Crippen LogP contribution in [0.4, 0.5) is 0 Å². The molecule has 2 aromatic heterocycles. The molecule has 34 heavy (non-hydrogen) atoms. The lowest BCUT2D eigenvalue weighted by Gasteiger charge is -2.25. The second kappa shape index (κ2) is 10.3. The molecule has 8 heteroatoms. The summed E-state index contributed by atoms with van der Waals surface area (Å²) < 4.78 is 13.5. The van der Waals surface area contributed by atoms with E-state index in [0.29, 0.717) is 42.8 Å². The first-order valence-corrected chi connectivity index (χ1v) is 12.0. The Hall–Kier alpha value is -3.28. The summed E-state index contributed by atoms with van der Waals surface area (Å²) in [4.78, 5) is 9.19. The van der Waals surface area contributed by atoms with E-state index in [0.717, 1.165) is 55.3 Å². The molecule has 0 atom stereocenters. The number of nitriles is 1. The summed E-state index contributed by atoms with van der Waals surface area (Å²) in [6.07, 6.45) is 11.4. The van der Waals surface area contributed by atoms with Crippen LogP contribution < -0.4 is 4.74 Å². The van der Waals surface area contributed by atoms with Crippen LogP contribution in [0.25, 0.3) is 11.3 Å². The zero-order valence-corrected chi connectivity index (χ0v) is 19.1. The highest BCUT2D eigenvalue weighted by Gasteiger charge is 2.21. The van der Waals surface area contributed by atoms with Crippen molar-refractivity contribution >= 4 is 0 Å². The van der Waals surface area contributed by atoms with Crippen LogP contribution >= 0.6 is 0 Å². The van der Waals surface area contributed by atoms with Gasteiger partial charge in [-0.3, -0.25) is 4.68 Å². The minimum Gasteiger partial charge on any atom is -0.489 e. The van der Waals surface area contributed by atoms with Gasteiger partial charge in [-0.05, 0) is 55.5 Å². The van der Waals surface area contributed by atoms with Gasteiger partial charge in [-0.15, -0.1) is 0 Å². The fraction of sp³-hybridized carbons (Fsp3) is 0.462. The van der Waals surface area contributed by atoms with Gasteiger partial charge in [0.1, 0.15) is 23.7 Å². The maximum absolute atomic E-state index is 9.74. The van der Waals surface area contributed by atoms with Crippen LogP contribution in [0.3, 0.4) is 0 Å². The highest BCUT2D eigenvalue weighted by Crippen LogP contribution is 2.29. The lowest BCUT2D eigenvalue weighted by atomic mass is 9.93. The molecule has 1 aliphatic carbocycles. The van der Waals surface area contributed by atoms with Gasteiger partial charge >= 0.3 is 0 Å². The van der Waals surface area contributed by atoms with E-state index in [1.807, 2.05) is 35.1 Å². The van der Waals surface area contributed by atoms with Crippen LogP contribution in [-0.2, 0) is 11.2 Å². The van der Waals surface area contributed by atoms with E-state index < -0.39 is 0 Å². The van der Waals surface area contributed by atoms with Crippen molar-refractivity contribution in [1.82, 2.24) is 19.7 Å². The summed E-state index contributed by atoms with van der Waals surface area (Å²) in [7, 11) is 0. The number of aliphatic hydroxyl groups excluding tert-OH is 1. The van der Waals surface area contributed by atoms with Crippen molar-refractivity contribution in [2.24, 2.45) is 0 Å². The van der Waals surface area contributed by atoms with Crippen molar-refractivity contribution in [3.8, 4) is 23.1 Å². The second-order valence-electron chi connectivity index (χ2n) is 9.08. The van der Waals surface area contributed by atoms with E-state index in [4.69, 9.17) is 14.5 Å². The minimum atomic E-state index is -0.175. The third-order valence-electron chi connectivity index (χ3n) is 6.62. The highest BCUT2D eigenvalue weighted by atomic mass is 16.5. The fourth-order valence-electron chi connectivity index (χ4n) is 4.67. The number of rotatable bonds is 6. The first-order valence-electron chi connectivity index (χ1n) is 12.0. The van der Waals surface area contributed by atoms with E-state index >= 15 is 0 Å². The molecule has 1 saturated carbocycles. The van der Waals surface area contributed by atoms with E-state index in [-0.39, 0.29) is 12.2 Å². The molecule has 2 fully saturated rings.